The molecule has 8 heteroatoms. The first-order chi connectivity index (χ1) is 17.3. The molecule has 4 aromatic rings. The molecular formula is C28H26ClFN4O2. The molecule has 0 aliphatic rings. The van der Waals surface area contributed by atoms with Crippen molar-refractivity contribution in [2.75, 3.05) is 0 Å². The van der Waals surface area contributed by atoms with Gasteiger partial charge in [0.05, 0.1) is 16.8 Å². The lowest BCUT2D eigenvalue weighted by Gasteiger charge is -2.20. The van der Waals surface area contributed by atoms with E-state index in [1.807, 2.05) is 48.9 Å². The van der Waals surface area contributed by atoms with Gasteiger partial charge in [-0.15, -0.1) is 0 Å². The lowest BCUT2D eigenvalue weighted by molar-refractivity contribution is -0.123. The van der Waals surface area contributed by atoms with E-state index < -0.39 is 17.9 Å². The topological polar surface area (TPSA) is 75.5 Å². The SMILES string of the molecule is CC(C)C(NC(=O)c1ccccc1Cl)C(=O)NN=Cc1cn(Cc2ccc(F)cc2)c2ccccc12. The molecule has 1 heterocycles. The number of halogens is 2. The number of benzene rings is 3. The first-order valence-electron chi connectivity index (χ1n) is 11.5. The van der Waals surface area contributed by atoms with E-state index in [0.29, 0.717) is 17.1 Å². The molecule has 1 aromatic heterocycles. The van der Waals surface area contributed by atoms with Crippen LogP contribution in [-0.2, 0) is 11.3 Å². The van der Waals surface area contributed by atoms with Gasteiger partial charge >= 0.3 is 0 Å². The molecule has 3 aromatic carbocycles. The summed E-state index contributed by atoms with van der Waals surface area (Å²) in [5.74, 6) is -1.31. The molecular weight excluding hydrogens is 479 g/mol. The molecule has 0 aliphatic heterocycles. The summed E-state index contributed by atoms with van der Waals surface area (Å²) in [6, 6.07) is 20.1. The molecule has 0 saturated carbocycles. The fourth-order valence-electron chi connectivity index (χ4n) is 3.93. The molecule has 184 valence electrons. The molecule has 4 rings (SSSR count). The van der Waals surface area contributed by atoms with Gasteiger partial charge in [-0.05, 0) is 41.8 Å². The van der Waals surface area contributed by atoms with Crippen LogP contribution in [0.25, 0.3) is 10.9 Å². The predicted molar refractivity (Wildman–Crippen MR) is 141 cm³/mol. The Morgan fingerprint density at radius 1 is 1.03 bits per heavy atom. The van der Waals surface area contributed by atoms with E-state index in [-0.39, 0.29) is 11.7 Å². The van der Waals surface area contributed by atoms with Crippen molar-refractivity contribution in [1.82, 2.24) is 15.3 Å². The second kappa shape index (κ2) is 11.2. The van der Waals surface area contributed by atoms with Gasteiger partial charge in [0.1, 0.15) is 11.9 Å². The zero-order valence-electron chi connectivity index (χ0n) is 19.9. The number of nitrogens with zero attached hydrogens (tertiary/aromatic N) is 2. The highest BCUT2D eigenvalue weighted by Crippen LogP contribution is 2.21. The molecule has 0 aliphatic carbocycles. The Kier molecular flexibility index (Phi) is 7.80. The third kappa shape index (κ3) is 5.80. The normalized spacial score (nSPS) is 12.2. The molecule has 0 fully saturated rings. The van der Waals surface area contributed by atoms with Crippen LogP contribution < -0.4 is 10.7 Å². The van der Waals surface area contributed by atoms with E-state index in [1.165, 1.54) is 12.1 Å². The summed E-state index contributed by atoms with van der Waals surface area (Å²) >= 11 is 6.12. The van der Waals surface area contributed by atoms with Gasteiger partial charge < -0.3 is 9.88 Å². The highest BCUT2D eigenvalue weighted by molar-refractivity contribution is 6.33. The molecule has 36 heavy (non-hydrogen) atoms. The molecule has 0 saturated heterocycles. The van der Waals surface area contributed by atoms with E-state index in [0.717, 1.165) is 22.0 Å². The Morgan fingerprint density at radius 3 is 2.44 bits per heavy atom. The number of fused-ring (bicyclic) bond motifs is 1. The van der Waals surface area contributed by atoms with Gasteiger partial charge in [0.25, 0.3) is 11.8 Å². The summed E-state index contributed by atoms with van der Waals surface area (Å²) in [6.45, 7) is 4.23. The Morgan fingerprint density at radius 2 is 1.72 bits per heavy atom. The predicted octanol–water partition coefficient (Wildman–Crippen LogP) is 5.39. The monoisotopic (exact) mass is 504 g/mol. The first-order valence-corrected chi connectivity index (χ1v) is 11.9. The van der Waals surface area contributed by atoms with Crippen LogP contribution in [0, 0.1) is 11.7 Å². The second-order valence-electron chi connectivity index (χ2n) is 8.77. The molecule has 2 N–H and O–H groups in total. The van der Waals surface area contributed by atoms with Crippen LogP contribution >= 0.6 is 11.6 Å². The summed E-state index contributed by atoms with van der Waals surface area (Å²) in [5.41, 5.74) is 5.61. The number of carbonyl (C=O) groups is 2. The maximum absolute atomic E-state index is 13.3. The molecule has 0 bridgehead atoms. The van der Waals surface area contributed by atoms with E-state index in [2.05, 4.69) is 15.8 Å². The van der Waals surface area contributed by atoms with E-state index in [9.17, 15) is 14.0 Å². The number of hydrogen-bond acceptors (Lipinski definition) is 3. The molecule has 1 unspecified atom stereocenters. The van der Waals surface area contributed by atoms with Crippen LogP contribution in [0.3, 0.4) is 0 Å². The van der Waals surface area contributed by atoms with Crippen LogP contribution in [0.15, 0.2) is 84.1 Å². The van der Waals surface area contributed by atoms with Crippen LogP contribution in [0.1, 0.15) is 35.3 Å². The first kappa shape index (κ1) is 25.1. The number of carbonyl (C=O) groups excluding carboxylic acids is 2. The molecule has 6 nitrogen and oxygen atoms in total. The van der Waals surface area contributed by atoms with Crippen LogP contribution in [0.4, 0.5) is 4.39 Å². The Hall–Kier alpha value is -3.97. The number of amides is 2. The number of rotatable bonds is 8. The van der Waals surface area contributed by atoms with Crippen LogP contribution in [0.5, 0.6) is 0 Å². The fraction of sp³-hybridized carbons (Fsp3) is 0.179. The van der Waals surface area contributed by atoms with Gasteiger partial charge in [0.15, 0.2) is 0 Å². The number of para-hydroxylation sites is 1. The minimum absolute atomic E-state index is 0.177. The lowest BCUT2D eigenvalue weighted by Crippen LogP contribution is -2.48. The molecule has 0 spiro atoms. The van der Waals surface area contributed by atoms with Crippen molar-refractivity contribution in [3.05, 3.63) is 107 Å². The standard InChI is InChI=1S/C28H26ClFN4O2/c1-18(2)26(32-27(35)23-8-3-5-9-24(23)29)28(36)33-31-15-20-17-34(25-10-6-4-7-22(20)25)16-19-11-13-21(30)14-12-19/h3-15,17-18,26H,16H2,1-2H3,(H,32,35)(H,33,36). The van der Waals surface area contributed by atoms with E-state index in [4.69, 9.17) is 11.6 Å². The number of hydrogen-bond donors (Lipinski definition) is 2. The zero-order chi connectivity index (χ0) is 25.7. The van der Waals surface area contributed by atoms with Gasteiger partial charge in [0, 0.05) is 29.2 Å². The van der Waals surface area contributed by atoms with Crippen molar-refractivity contribution in [3.8, 4) is 0 Å². The molecule has 0 radical (unpaired) electrons. The van der Waals surface area contributed by atoms with Crippen molar-refractivity contribution >= 4 is 40.5 Å². The summed E-state index contributed by atoms with van der Waals surface area (Å²) < 4.78 is 15.3. The quantitative estimate of drug-likeness (QED) is 0.249. The molecule has 1 atom stereocenters. The zero-order valence-corrected chi connectivity index (χ0v) is 20.7. The van der Waals surface area contributed by atoms with Crippen molar-refractivity contribution in [2.45, 2.75) is 26.4 Å². The third-order valence-corrected chi connectivity index (χ3v) is 6.15. The number of nitrogens with one attached hydrogen (secondary N) is 2. The van der Waals surface area contributed by atoms with Gasteiger partial charge in [0.2, 0.25) is 0 Å². The van der Waals surface area contributed by atoms with Crippen LogP contribution in [0.2, 0.25) is 5.02 Å². The maximum Gasteiger partial charge on any atom is 0.262 e. The summed E-state index contributed by atoms with van der Waals surface area (Å²) in [6.07, 6.45) is 3.51. The number of aromatic nitrogens is 1. The molecule has 2 amide bonds. The second-order valence-corrected chi connectivity index (χ2v) is 9.17. The van der Waals surface area contributed by atoms with Crippen LogP contribution in [-0.4, -0.2) is 28.6 Å². The van der Waals surface area contributed by atoms with Crippen molar-refractivity contribution in [1.29, 1.82) is 0 Å². The highest BCUT2D eigenvalue weighted by Gasteiger charge is 2.25. The fourth-order valence-corrected chi connectivity index (χ4v) is 4.15. The van der Waals surface area contributed by atoms with Crippen molar-refractivity contribution in [3.63, 3.8) is 0 Å². The lowest BCUT2D eigenvalue weighted by atomic mass is 10.0. The average Bonchev–Trinajstić information content (AvgIpc) is 3.21. The maximum atomic E-state index is 13.3. The summed E-state index contributed by atoms with van der Waals surface area (Å²) in [4.78, 5) is 25.5. The minimum Gasteiger partial charge on any atom is -0.342 e. The van der Waals surface area contributed by atoms with Gasteiger partial charge in [-0.3, -0.25) is 9.59 Å². The van der Waals surface area contributed by atoms with E-state index in [1.54, 1.807) is 42.6 Å². The van der Waals surface area contributed by atoms with Crippen molar-refractivity contribution < 1.29 is 14.0 Å². The van der Waals surface area contributed by atoms with Gasteiger partial charge in [-0.2, -0.15) is 5.10 Å². The van der Waals surface area contributed by atoms with Crippen molar-refractivity contribution in [2.24, 2.45) is 11.0 Å². The van der Waals surface area contributed by atoms with E-state index >= 15 is 0 Å². The largest absolute Gasteiger partial charge is 0.342 e. The summed E-state index contributed by atoms with van der Waals surface area (Å²) in [7, 11) is 0. The van der Waals surface area contributed by atoms with Gasteiger partial charge in [-0.25, -0.2) is 9.82 Å². The Labute approximate surface area is 213 Å². The smallest absolute Gasteiger partial charge is 0.262 e. The highest BCUT2D eigenvalue weighted by atomic mass is 35.5. The minimum atomic E-state index is -0.800. The Bertz CT molecular complexity index is 1410. The average molecular weight is 505 g/mol. The third-order valence-electron chi connectivity index (χ3n) is 5.82. The number of hydrazone groups is 1. The Balaban J connectivity index is 1.49. The summed E-state index contributed by atoms with van der Waals surface area (Å²) in [5, 5.41) is 8.18. The van der Waals surface area contributed by atoms with Gasteiger partial charge in [-0.1, -0.05) is 67.9 Å².